The summed E-state index contributed by atoms with van der Waals surface area (Å²) in [7, 11) is 0. The standard InChI is InChI=1S/C18H16FN3O/c19-13-7-4-8-14-15(13)18(23)22(12-5-2-1-3-6-12)17(21-14)16(20)11-9-10-11/h1-8,11,16H,9-10,20H2/t16-/m0/s1. The van der Waals surface area contributed by atoms with Gasteiger partial charge in [-0.2, -0.15) is 0 Å². The molecule has 0 unspecified atom stereocenters. The van der Waals surface area contributed by atoms with Gasteiger partial charge in [0.2, 0.25) is 0 Å². The zero-order valence-corrected chi connectivity index (χ0v) is 12.4. The predicted octanol–water partition coefficient (Wildman–Crippen LogP) is 2.93. The Labute approximate surface area is 132 Å². The molecule has 1 heterocycles. The Hall–Kier alpha value is -2.53. The molecule has 23 heavy (non-hydrogen) atoms. The molecular weight excluding hydrogens is 293 g/mol. The lowest BCUT2D eigenvalue weighted by Gasteiger charge is -2.18. The monoisotopic (exact) mass is 309 g/mol. The first-order chi connectivity index (χ1) is 11.2. The topological polar surface area (TPSA) is 60.9 Å². The van der Waals surface area contributed by atoms with Gasteiger partial charge in [-0.1, -0.05) is 24.3 Å². The molecule has 0 aliphatic heterocycles. The fourth-order valence-corrected chi connectivity index (χ4v) is 2.92. The van der Waals surface area contributed by atoms with Crippen molar-refractivity contribution in [2.75, 3.05) is 0 Å². The fraction of sp³-hybridized carbons (Fsp3) is 0.222. The van der Waals surface area contributed by atoms with Gasteiger partial charge in [-0.15, -0.1) is 0 Å². The molecule has 1 aliphatic carbocycles. The second-order valence-electron chi connectivity index (χ2n) is 5.94. The Morgan fingerprint density at radius 1 is 1.13 bits per heavy atom. The molecule has 0 amide bonds. The van der Waals surface area contributed by atoms with Crippen LogP contribution in [-0.4, -0.2) is 9.55 Å². The van der Waals surface area contributed by atoms with E-state index < -0.39 is 11.4 Å². The molecule has 116 valence electrons. The van der Waals surface area contributed by atoms with Crippen molar-refractivity contribution in [3.05, 3.63) is 70.5 Å². The average Bonchev–Trinajstić information content (AvgIpc) is 3.39. The van der Waals surface area contributed by atoms with Gasteiger partial charge < -0.3 is 5.73 Å². The third kappa shape index (κ3) is 2.33. The van der Waals surface area contributed by atoms with Gasteiger partial charge in [0.25, 0.3) is 5.56 Å². The Balaban J connectivity index is 2.08. The third-order valence-electron chi connectivity index (χ3n) is 4.32. The SMILES string of the molecule is N[C@H](c1nc2cccc(F)c2c(=O)n1-c1ccccc1)C1CC1. The number of para-hydroxylation sites is 1. The number of aromatic nitrogens is 2. The van der Waals surface area contributed by atoms with Crippen molar-refractivity contribution in [3.8, 4) is 5.69 Å². The molecule has 4 rings (SSSR count). The molecule has 1 aliphatic rings. The second-order valence-corrected chi connectivity index (χ2v) is 5.94. The van der Waals surface area contributed by atoms with Crippen molar-refractivity contribution >= 4 is 10.9 Å². The molecule has 2 N–H and O–H groups in total. The number of hydrogen-bond donors (Lipinski definition) is 1. The number of hydrogen-bond acceptors (Lipinski definition) is 3. The maximum atomic E-state index is 14.2. The van der Waals surface area contributed by atoms with Gasteiger partial charge in [0.15, 0.2) is 0 Å². The van der Waals surface area contributed by atoms with Crippen molar-refractivity contribution in [2.24, 2.45) is 11.7 Å². The lowest BCUT2D eigenvalue weighted by Crippen LogP contribution is -2.29. The van der Waals surface area contributed by atoms with Gasteiger partial charge in [0, 0.05) is 0 Å². The van der Waals surface area contributed by atoms with Crippen molar-refractivity contribution < 1.29 is 4.39 Å². The summed E-state index contributed by atoms with van der Waals surface area (Å²) in [5.41, 5.74) is 6.92. The highest BCUT2D eigenvalue weighted by Gasteiger charge is 2.33. The normalized spacial score (nSPS) is 15.7. The van der Waals surface area contributed by atoms with Crippen LogP contribution >= 0.6 is 0 Å². The summed E-state index contributed by atoms with van der Waals surface area (Å²) in [6, 6.07) is 13.3. The maximum Gasteiger partial charge on any atom is 0.269 e. The van der Waals surface area contributed by atoms with Gasteiger partial charge in [-0.05, 0) is 43.0 Å². The molecule has 4 nitrogen and oxygen atoms in total. The largest absolute Gasteiger partial charge is 0.321 e. The minimum Gasteiger partial charge on any atom is -0.321 e. The molecule has 2 aromatic carbocycles. The summed E-state index contributed by atoms with van der Waals surface area (Å²) < 4.78 is 15.6. The Morgan fingerprint density at radius 3 is 2.57 bits per heavy atom. The number of nitrogens with two attached hydrogens (primary N) is 1. The molecule has 0 spiro atoms. The molecule has 5 heteroatoms. The number of benzene rings is 2. The van der Waals surface area contributed by atoms with E-state index >= 15 is 0 Å². The third-order valence-corrected chi connectivity index (χ3v) is 4.32. The van der Waals surface area contributed by atoms with Gasteiger partial charge in [0.1, 0.15) is 17.0 Å². The molecule has 0 radical (unpaired) electrons. The number of fused-ring (bicyclic) bond motifs is 1. The molecule has 1 atom stereocenters. The highest BCUT2D eigenvalue weighted by molar-refractivity contribution is 5.78. The van der Waals surface area contributed by atoms with Crippen molar-refractivity contribution in [1.29, 1.82) is 0 Å². The highest BCUT2D eigenvalue weighted by atomic mass is 19.1. The zero-order valence-electron chi connectivity index (χ0n) is 12.4. The lowest BCUT2D eigenvalue weighted by atomic mass is 10.1. The molecule has 0 bridgehead atoms. The summed E-state index contributed by atoms with van der Waals surface area (Å²) in [5.74, 6) is 0.279. The molecular formula is C18H16FN3O. The molecule has 3 aromatic rings. The predicted molar refractivity (Wildman–Crippen MR) is 87.0 cm³/mol. The highest BCUT2D eigenvalue weighted by Crippen LogP contribution is 2.39. The molecule has 1 fully saturated rings. The van der Waals surface area contributed by atoms with E-state index in [1.54, 1.807) is 24.3 Å². The van der Waals surface area contributed by atoms with Crippen molar-refractivity contribution in [2.45, 2.75) is 18.9 Å². The van der Waals surface area contributed by atoms with Gasteiger partial charge >= 0.3 is 0 Å². The van der Waals surface area contributed by atoms with E-state index in [4.69, 9.17) is 5.73 Å². The van der Waals surface area contributed by atoms with Gasteiger partial charge in [0.05, 0.1) is 17.2 Å². The average molecular weight is 309 g/mol. The Bertz CT molecular complexity index is 932. The van der Waals surface area contributed by atoms with Crippen LogP contribution in [0.1, 0.15) is 24.7 Å². The molecule has 0 saturated heterocycles. The summed E-state index contributed by atoms with van der Waals surface area (Å²) in [6.45, 7) is 0. The quantitative estimate of drug-likeness (QED) is 0.809. The van der Waals surface area contributed by atoms with Crippen molar-refractivity contribution in [3.63, 3.8) is 0 Å². The summed E-state index contributed by atoms with van der Waals surface area (Å²) in [4.78, 5) is 17.5. The van der Waals surface area contributed by atoms with E-state index in [0.29, 0.717) is 22.9 Å². The maximum absolute atomic E-state index is 14.2. The van der Waals surface area contributed by atoms with E-state index in [-0.39, 0.29) is 11.4 Å². The van der Waals surface area contributed by atoms with E-state index in [1.165, 1.54) is 10.6 Å². The van der Waals surface area contributed by atoms with Crippen LogP contribution in [-0.2, 0) is 0 Å². The van der Waals surface area contributed by atoms with Crippen LogP contribution in [0.5, 0.6) is 0 Å². The fourth-order valence-electron chi connectivity index (χ4n) is 2.92. The summed E-state index contributed by atoms with van der Waals surface area (Å²) in [6.07, 6.45) is 2.07. The Kier molecular flexibility index (Phi) is 3.23. The first kappa shape index (κ1) is 14.1. The van der Waals surface area contributed by atoms with Crippen LogP contribution in [0.25, 0.3) is 16.6 Å². The van der Waals surface area contributed by atoms with Crippen molar-refractivity contribution in [1.82, 2.24) is 9.55 Å². The van der Waals surface area contributed by atoms with E-state index in [0.717, 1.165) is 12.8 Å². The summed E-state index contributed by atoms with van der Waals surface area (Å²) in [5, 5.41) is 0.00287. The van der Waals surface area contributed by atoms with Crippen LogP contribution in [0.3, 0.4) is 0 Å². The number of rotatable bonds is 3. The summed E-state index contributed by atoms with van der Waals surface area (Å²) >= 11 is 0. The van der Waals surface area contributed by atoms with Crippen LogP contribution in [0.15, 0.2) is 53.3 Å². The Morgan fingerprint density at radius 2 is 1.87 bits per heavy atom. The first-order valence-electron chi connectivity index (χ1n) is 7.69. The molecule has 1 aromatic heterocycles. The van der Waals surface area contributed by atoms with Crippen LogP contribution in [0.4, 0.5) is 4.39 Å². The van der Waals surface area contributed by atoms with Crippen LogP contribution in [0.2, 0.25) is 0 Å². The van der Waals surface area contributed by atoms with E-state index in [9.17, 15) is 9.18 Å². The zero-order chi connectivity index (χ0) is 16.0. The minimum absolute atomic E-state index is 0.00287. The van der Waals surface area contributed by atoms with E-state index in [2.05, 4.69) is 4.98 Å². The minimum atomic E-state index is -0.559. The second kappa shape index (κ2) is 5.28. The number of halogens is 1. The lowest BCUT2D eigenvalue weighted by molar-refractivity contribution is 0.572. The first-order valence-corrected chi connectivity index (χ1v) is 7.69. The smallest absolute Gasteiger partial charge is 0.269 e. The van der Waals surface area contributed by atoms with Crippen LogP contribution in [0, 0.1) is 11.7 Å². The van der Waals surface area contributed by atoms with Gasteiger partial charge in [-0.3, -0.25) is 9.36 Å². The van der Waals surface area contributed by atoms with Gasteiger partial charge in [-0.25, -0.2) is 9.37 Å². The number of nitrogens with zero attached hydrogens (tertiary/aromatic N) is 2. The van der Waals surface area contributed by atoms with Crippen LogP contribution < -0.4 is 11.3 Å². The molecule has 1 saturated carbocycles. The van der Waals surface area contributed by atoms with E-state index in [1.807, 2.05) is 18.2 Å².